The number of rotatable bonds is 4. The second kappa shape index (κ2) is 5.78. The van der Waals surface area contributed by atoms with Gasteiger partial charge in [0.15, 0.2) is 0 Å². The first kappa shape index (κ1) is 14.8. The molecule has 1 aromatic rings. The van der Waals surface area contributed by atoms with Gasteiger partial charge in [0.1, 0.15) is 11.7 Å². The third kappa shape index (κ3) is 2.78. The maximum Gasteiger partial charge on any atom is 0.326 e. The SMILES string of the molecule is CNC(=O)c1ccc(N2CCCC2C(=O)O)c([N+](=O)[O-])c1. The molecule has 0 aliphatic carbocycles. The minimum Gasteiger partial charge on any atom is -0.480 e. The van der Waals surface area contributed by atoms with Gasteiger partial charge in [-0.1, -0.05) is 0 Å². The maximum absolute atomic E-state index is 11.6. The van der Waals surface area contributed by atoms with Crippen molar-refractivity contribution in [1.29, 1.82) is 0 Å². The quantitative estimate of drug-likeness (QED) is 0.632. The monoisotopic (exact) mass is 293 g/mol. The van der Waals surface area contributed by atoms with Crippen LogP contribution in [0.5, 0.6) is 0 Å². The van der Waals surface area contributed by atoms with E-state index in [2.05, 4.69) is 5.32 Å². The molecule has 1 fully saturated rings. The van der Waals surface area contributed by atoms with Gasteiger partial charge in [0.2, 0.25) is 0 Å². The van der Waals surface area contributed by atoms with Gasteiger partial charge in [-0.05, 0) is 25.0 Å². The molecular weight excluding hydrogens is 278 g/mol. The highest BCUT2D eigenvalue weighted by Crippen LogP contribution is 2.34. The molecule has 1 unspecified atom stereocenters. The number of carbonyl (C=O) groups is 2. The van der Waals surface area contributed by atoms with Crippen molar-refractivity contribution in [1.82, 2.24) is 5.32 Å². The molecule has 0 spiro atoms. The Morgan fingerprint density at radius 2 is 2.19 bits per heavy atom. The lowest BCUT2D eigenvalue weighted by Gasteiger charge is -2.23. The highest BCUT2D eigenvalue weighted by Gasteiger charge is 2.34. The fraction of sp³-hybridized carbons (Fsp3) is 0.385. The molecule has 0 aromatic heterocycles. The van der Waals surface area contributed by atoms with Crippen molar-refractivity contribution >= 4 is 23.3 Å². The van der Waals surface area contributed by atoms with Crippen LogP contribution < -0.4 is 10.2 Å². The average Bonchev–Trinajstić information content (AvgIpc) is 2.95. The molecule has 2 rings (SSSR count). The molecule has 1 saturated heterocycles. The summed E-state index contributed by atoms with van der Waals surface area (Å²) in [4.78, 5) is 34.9. The predicted octanol–water partition coefficient (Wildman–Crippen LogP) is 1.01. The number of nitrogens with one attached hydrogen (secondary N) is 1. The molecule has 1 aliphatic heterocycles. The number of aliphatic carboxylic acids is 1. The van der Waals surface area contributed by atoms with Crippen molar-refractivity contribution in [2.45, 2.75) is 18.9 Å². The third-order valence-electron chi connectivity index (χ3n) is 3.51. The minimum atomic E-state index is -1.00. The summed E-state index contributed by atoms with van der Waals surface area (Å²) in [7, 11) is 1.43. The van der Waals surface area contributed by atoms with Crippen molar-refractivity contribution in [3.05, 3.63) is 33.9 Å². The van der Waals surface area contributed by atoms with Crippen LogP contribution in [0.3, 0.4) is 0 Å². The van der Waals surface area contributed by atoms with Crippen molar-refractivity contribution < 1.29 is 19.6 Å². The molecule has 8 heteroatoms. The summed E-state index contributed by atoms with van der Waals surface area (Å²) in [6, 6.07) is 3.29. The maximum atomic E-state index is 11.6. The Hall–Kier alpha value is -2.64. The van der Waals surface area contributed by atoms with Crippen molar-refractivity contribution in [2.75, 3.05) is 18.5 Å². The first-order chi connectivity index (χ1) is 9.95. The van der Waals surface area contributed by atoms with Crippen molar-refractivity contribution in [2.24, 2.45) is 0 Å². The Morgan fingerprint density at radius 1 is 1.48 bits per heavy atom. The van der Waals surface area contributed by atoms with Gasteiger partial charge in [-0.25, -0.2) is 4.79 Å². The van der Waals surface area contributed by atoms with E-state index in [9.17, 15) is 24.8 Å². The molecule has 112 valence electrons. The van der Waals surface area contributed by atoms with E-state index >= 15 is 0 Å². The molecule has 0 saturated carbocycles. The van der Waals surface area contributed by atoms with Gasteiger partial charge in [0.25, 0.3) is 11.6 Å². The second-order valence-electron chi connectivity index (χ2n) is 4.73. The van der Waals surface area contributed by atoms with E-state index in [1.54, 1.807) is 0 Å². The first-order valence-corrected chi connectivity index (χ1v) is 6.45. The molecule has 21 heavy (non-hydrogen) atoms. The van der Waals surface area contributed by atoms with Crippen LogP contribution in [0.2, 0.25) is 0 Å². The smallest absolute Gasteiger partial charge is 0.326 e. The van der Waals surface area contributed by atoms with Crippen molar-refractivity contribution in [3.8, 4) is 0 Å². The largest absolute Gasteiger partial charge is 0.480 e. The molecule has 1 amide bonds. The van der Waals surface area contributed by atoms with Crippen LogP contribution in [-0.2, 0) is 4.79 Å². The van der Waals surface area contributed by atoms with Crippen LogP contribution in [0.15, 0.2) is 18.2 Å². The van der Waals surface area contributed by atoms with E-state index in [1.165, 1.54) is 30.1 Å². The van der Waals surface area contributed by atoms with Gasteiger partial charge in [0.05, 0.1) is 4.92 Å². The van der Waals surface area contributed by atoms with E-state index in [1.807, 2.05) is 0 Å². The molecular formula is C13H15N3O5. The fourth-order valence-corrected chi connectivity index (χ4v) is 2.51. The Labute approximate surface area is 120 Å². The molecule has 0 bridgehead atoms. The van der Waals surface area contributed by atoms with Crippen LogP contribution in [0.1, 0.15) is 23.2 Å². The molecule has 1 heterocycles. The summed E-state index contributed by atoms with van der Waals surface area (Å²) in [5.41, 5.74) is 0.140. The van der Waals surface area contributed by atoms with Gasteiger partial charge < -0.3 is 15.3 Å². The molecule has 2 N–H and O–H groups in total. The van der Waals surface area contributed by atoms with E-state index in [-0.39, 0.29) is 16.9 Å². The molecule has 0 radical (unpaired) electrons. The number of benzene rings is 1. The number of carboxylic acid groups (broad SMARTS) is 1. The summed E-state index contributed by atoms with van der Waals surface area (Å²) >= 11 is 0. The summed E-state index contributed by atoms with van der Waals surface area (Å²) < 4.78 is 0. The van der Waals surface area contributed by atoms with Crippen molar-refractivity contribution in [3.63, 3.8) is 0 Å². The normalized spacial score (nSPS) is 17.6. The highest BCUT2D eigenvalue weighted by molar-refractivity contribution is 5.95. The van der Waals surface area contributed by atoms with Gasteiger partial charge >= 0.3 is 5.97 Å². The summed E-state index contributed by atoms with van der Waals surface area (Å²) in [6.07, 6.45) is 1.11. The van der Waals surface area contributed by atoms with Crippen LogP contribution in [0, 0.1) is 10.1 Å². The Bertz CT molecular complexity index is 601. The zero-order valence-corrected chi connectivity index (χ0v) is 11.4. The summed E-state index contributed by atoms with van der Waals surface area (Å²) in [5, 5.41) is 22.8. The van der Waals surface area contributed by atoms with Crippen LogP contribution >= 0.6 is 0 Å². The van der Waals surface area contributed by atoms with E-state index in [0.717, 1.165) is 0 Å². The van der Waals surface area contributed by atoms with Gasteiger partial charge in [-0.15, -0.1) is 0 Å². The Kier molecular flexibility index (Phi) is 4.06. The Balaban J connectivity index is 2.46. The van der Waals surface area contributed by atoms with Gasteiger partial charge in [0, 0.05) is 25.2 Å². The standard InChI is InChI=1S/C13H15N3O5/c1-14-12(17)8-4-5-9(11(7-8)16(20)21)15-6-2-3-10(15)13(18)19/h4-5,7,10H,2-3,6H2,1H3,(H,14,17)(H,18,19). The number of nitrogens with zero attached hydrogens (tertiary/aromatic N) is 2. The number of nitro groups is 1. The number of anilines is 1. The number of carbonyl (C=O) groups excluding carboxylic acids is 1. The average molecular weight is 293 g/mol. The molecule has 8 nitrogen and oxygen atoms in total. The zero-order chi connectivity index (χ0) is 15.6. The zero-order valence-electron chi connectivity index (χ0n) is 11.4. The van der Waals surface area contributed by atoms with Crippen LogP contribution in [-0.4, -0.2) is 41.5 Å². The molecule has 1 atom stereocenters. The van der Waals surface area contributed by atoms with E-state index in [0.29, 0.717) is 19.4 Å². The molecule has 1 aromatic carbocycles. The predicted molar refractivity (Wildman–Crippen MR) is 74.5 cm³/mol. The number of hydrogen-bond acceptors (Lipinski definition) is 5. The fourth-order valence-electron chi connectivity index (χ4n) is 2.51. The van der Waals surface area contributed by atoms with Gasteiger partial charge in [-0.3, -0.25) is 14.9 Å². The van der Waals surface area contributed by atoms with Crippen LogP contribution in [0.25, 0.3) is 0 Å². The number of carboxylic acids is 1. The first-order valence-electron chi connectivity index (χ1n) is 6.45. The topological polar surface area (TPSA) is 113 Å². The van der Waals surface area contributed by atoms with Gasteiger partial charge in [-0.2, -0.15) is 0 Å². The third-order valence-corrected chi connectivity index (χ3v) is 3.51. The second-order valence-corrected chi connectivity index (χ2v) is 4.73. The summed E-state index contributed by atoms with van der Waals surface area (Å²) in [6.45, 7) is 0.442. The number of nitro benzene ring substituents is 1. The highest BCUT2D eigenvalue weighted by atomic mass is 16.6. The Morgan fingerprint density at radius 3 is 2.76 bits per heavy atom. The summed E-state index contributed by atoms with van der Waals surface area (Å²) in [5.74, 6) is -1.43. The molecule has 1 aliphatic rings. The minimum absolute atomic E-state index is 0.166. The lowest BCUT2D eigenvalue weighted by atomic mass is 10.1. The lowest BCUT2D eigenvalue weighted by molar-refractivity contribution is -0.384. The number of amides is 1. The van der Waals surface area contributed by atoms with E-state index < -0.39 is 22.8 Å². The van der Waals surface area contributed by atoms with Crippen LogP contribution in [0.4, 0.5) is 11.4 Å². The van der Waals surface area contributed by atoms with E-state index in [4.69, 9.17) is 0 Å². The number of hydrogen-bond donors (Lipinski definition) is 2. The lowest BCUT2D eigenvalue weighted by Crippen LogP contribution is -2.36.